The Morgan fingerprint density at radius 3 is 2.27 bits per heavy atom. The van der Waals surface area contributed by atoms with Gasteiger partial charge in [0.1, 0.15) is 0 Å². The van der Waals surface area contributed by atoms with Crippen LogP contribution in [0.25, 0.3) is 0 Å². The number of hydrogen-bond donors (Lipinski definition) is 1. The van der Waals surface area contributed by atoms with E-state index >= 15 is 0 Å². The SMILES string of the molecule is COCC(N)C(=O)C(C)(C)C. The van der Waals surface area contributed by atoms with Crippen molar-refractivity contribution >= 4 is 5.78 Å². The van der Waals surface area contributed by atoms with Gasteiger partial charge in [0.25, 0.3) is 0 Å². The Hall–Kier alpha value is -0.410. The number of ketones is 1. The number of methoxy groups -OCH3 is 1. The number of carbonyl (C=O) groups excluding carboxylic acids is 1. The smallest absolute Gasteiger partial charge is 0.157 e. The normalized spacial score (nSPS) is 14.6. The van der Waals surface area contributed by atoms with Crippen LogP contribution in [0.5, 0.6) is 0 Å². The second-order valence-electron chi connectivity index (χ2n) is 3.68. The molecule has 66 valence electrons. The molecule has 0 spiro atoms. The molecule has 0 radical (unpaired) electrons. The first kappa shape index (κ1) is 10.6. The molecule has 0 aliphatic heterocycles. The van der Waals surface area contributed by atoms with Crippen LogP contribution in [0.4, 0.5) is 0 Å². The predicted octanol–water partition coefficient (Wildman–Crippen LogP) is 0.575. The van der Waals surface area contributed by atoms with E-state index in [2.05, 4.69) is 0 Å². The van der Waals surface area contributed by atoms with Crippen molar-refractivity contribution < 1.29 is 9.53 Å². The summed E-state index contributed by atoms with van der Waals surface area (Å²) < 4.78 is 4.77. The fourth-order valence-corrected chi connectivity index (χ4v) is 0.811. The topological polar surface area (TPSA) is 52.3 Å². The lowest BCUT2D eigenvalue weighted by Gasteiger charge is -2.20. The molecule has 0 saturated carbocycles. The van der Waals surface area contributed by atoms with Crippen molar-refractivity contribution in [1.82, 2.24) is 0 Å². The number of carbonyl (C=O) groups is 1. The number of Topliss-reactive ketones (excluding diaryl/α,β-unsaturated/α-hetero) is 1. The third kappa shape index (κ3) is 3.49. The average molecular weight is 159 g/mol. The molecule has 1 atom stereocenters. The van der Waals surface area contributed by atoms with Crippen LogP contribution in [0, 0.1) is 5.41 Å². The molecule has 0 amide bonds. The maximum Gasteiger partial charge on any atom is 0.157 e. The van der Waals surface area contributed by atoms with Crippen LogP contribution < -0.4 is 5.73 Å². The third-order valence-corrected chi connectivity index (χ3v) is 1.42. The van der Waals surface area contributed by atoms with Gasteiger partial charge in [-0.1, -0.05) is 20.8 Å². The molecular formula is C8H17NO2. The summed E-state index contributed by atoms with van der Waals surface area (Å²) in [6.07, 6.45) is 0. The zero-order chi connectivity index (χ0) is 9.07. The highest BCUT2D eigenvalue weighted by Crippen LogP contribution is 2.15. The Labute approximate surface area is 67.9 Å². The maximum atomic E-state index is 11.3. The van der Waals surface area contributed by atoms with E-state index in [4.69, 9.17) is 10.5 Å². The van der Waals surface area contributed by atoms with E-state index in [0.29, 0.717) is 6.61 Å². The summed E-state index contributed by atoms with van der Waals surface area (Å²) in [5.74, 6) is 0.0411. The van der Waals surface area contributed by atoms with E-state index in [9.17, 15) is 4.79 Å². The standard InChI is InChI=1S/C8H17NO2/c1-8(2,3)7(10)6(9)5-11-4/h6H,5,9H2,1-4H3. The largest absolute Gasteiger partial charge is 0.383 e. The van der Waals surface area contributed by atoms with Crippen molar-refractivity contribution in [3.05, 3.63) is 0 Å². The summed E-state index contributed by atoms with van der Waals surface area (Å²) in [5.41, 5.74) is 5.18. The molecule has 0 heterocycles. The molecule has 11 heavy (non-hydrogen) atoms. The van der Waals surface area contributed by atoms with Crippen LogP contribution in [0.3, 0.4) is 0 Å². The Bertz CT molecular complexity index is 138. The summed E-state index contributed by atoms with van der Waals surface area (Å²) in [6, 6.07) is -0.486. The fraction of sp³-hybridized carbons (Fsp3) is 0.875. The number of hydrogen-bond acceptors (Lipinski definition) is 3. The van der Waals surface area contributed by atoms with Crippen LogP contribution in [0.15, 0.2) is 0 Å². The van der Waals surface area contributed by atoms with E-state index in [-0.39, 0.29) is 11.2 Å². The van der Waals surface area contributed by atoms with Gasteiger partial charge in [-0.3, -0.25) is 4.79 Å². The Morgan fingerprint density at radius 2 is 2.00 bits per heavy atom. The zero-order valence-electron chi connectivity index (χ0n) is 7.68. The summed E-state index contributed by atoms with van der Waals surface area (Å²) in [4.78, 5) is 11.3. The molecule has 0 rings (SSSR count). The molecule has 1 unspecified atom stereocenters. The summed E-state index contributed by atoms with van der Waals surface area (Å²) in [5, 5.41) is 0. The third-order valence-electron chi connectivity index (χ3n) is 1.42. The molecular weight excluding hydrogens is 142 g/mol. The van der Waals surface area contributed by atoms with Crippen LogP contribution in [-0.4, -0.2) is 25.5 Å². The number of rotatable bonds is 3. The van der Waals surface area contributed by atoms with Crippen molar-refractivity contribution in [2.24, 2.45) is 11.1 Å². The van der Waals surface area contributed by atoms with E-state index in [1.54, 1.807) is 0 Å². The molecule has 0 aliphatic carbocycles. The van der Waals surface area contributed by atoms with Gasteiger partial charge in [-0.2, -0.15) is 0 Å². The Balaban J connectivity index is 4.03. The second kappa shape index (κ2) is 3.83. The number of ether oxygens (including phenoxy) is 1. The molecule has 0 aromatic rings. The minimum absolute atomic E-state index is 0.0411. The minimum atomic E-state index is -0.486. The maximum absolute atomic E-state index is 11.3. The van der Waals surface area contributed by atoms with Crippen LogP contribution in [0.1, 0.15) is 20.8 Å². The Kier molecular flexibility index (Phi) is 3.69. The van der Waals surface area contributed by atoms with Crippen LogP contribution >= 0.6 is 0 Å². The first-order chi connectivity index (χ1) is 4.89. The van der Waals surface area contributed by atoms with Gasteiger partial charge in [-0.15, -0.1) is 0 Å². The monoisotopic (exact) mass is 159 g/mol. The van der Waals surface area contributed by atoms with Gasteiger partial charge in [0.05, 0.1) is 12.6 Å². The predicted molar refractivity (Wildman–Crippen MR) is 44.3 cm³/mol. The van der Waals surface area contributed by atoms with Crippen molar-refractivity contribution in [3.63, 3.8) is 0 Å². The summed E-state index contributed by atoms with van der Waals surface area (Å²) >= 11 is 0. The van der Waals surface area contributed by atoms with Crippen molar-refractivity contribution in [2.45, 2.75) is 26.8 Å². The van der Waals surface area contributed by atoms with E-state index < -0.39 is 6.04 Å². The number of nitrogens with two attached hydrogens (primary N) is 1. The molecule has 3 heteroatoms. The van der Waals surface area contributed by atoms with Crippen LogP contribution in [0.2, 0.25) is 0 Å². The molecule has 0 fully saturated rings. The zero-order valence-corrected chi connectivity index (χ0v) is 7.68. The molecule has 0 aromatic heterocycles. The van der Waals surface area contributed by atoms with Gasteiger partial charge < -0.3 is 10.5 Å². The van der Waals surface area contributed by atoms with Crippen molar-refractivity contribution in [3.8, 4) is 0 Å². The molecule has 0 bridgehead atoms. The highest BCUT2D eigenvalue weighted by Gasteiger charge is 2.26. The van der Waals surface area contributed by atoms with Gasteiger partial charge in [0, 0.05) is 12.5 Å². The molecule has 0 aromatic carbocycles. The molecule has 3 nitrogen and oxygen atoms in total. The van der Waals surface area contributed by atoms with E-state index in [0.717, 1.165) is 0 Å². The highest BCUT2D eigenvalue weighted by atomic mass is 16.5. The highest BCUT2D eigenvalue weighted by molar-refractivity contribution is 5.88. The van der Waals surface area contributed by atoms with Gasteiger partial charge >= 0.3 is 0 Å². The lowest BCUT2D eigenvalue weighted by Crippen LogP contribution is -2.41. The Morgan fingerprint density at radius 1 is 1.55 bits per heavy atom. The van der Waals surface area contributed by atoms with Gasteiger partial charge in [0.15, 0.2) is 5.78 Å². The van der Waals surface area contributed by atoms with Crippen molar-refractivity contribution in [2.75, 3.05) is 13.7 Å². The quantitative estimate of drug-likeness (QED) is 0.655. The molecule has 2 N–H and O–H groups in total. The summed E-state index contributed by atoms with van der Waals surface area (Å²) in [6.45, 7) is 5.86. The first-order valence-corrected chi connectivity index (χ1v) is 3.68. The van der Waals surface area contributed by atoms with E-state index in [1.165, 1.54) is 7.11 Å². The second-order valence-corrected chi connectivity index (χ2v) is 3.68. The lowest BCUT2D eigenvalue weighted by molar-refractivity contribution is -0.128. The average Bonchev–Trinajstić information content (AvgIpc) is 1.85. The summed E-state index contributed by atoms with van der Waals surface area (Å²) in [7, 11) is 1.54. The van der Waals surface area contributed by atoms with Crippen LogP contribution in [-0.2, 0) is 9.53 Å². The van der Waals surface area contributed by atoms with Crippen molar-refractivity contribution in [1.29, 1.82) is 0 Å². The van der Waals surface area contributed by atoms with Gasteiger partial charge in [0.2, 0.25) is 0 Å². The minimum Gasteiger partial charge on any atom is -0.383 e. The van der Waals surface area contributed by atoms with E-state index in [1.807, 2.05) is 20.8 Å². The molecule has 0 saturated heterocycles. The van der Waals surface area contributed by atoms with Gasteiger partial charge in [-0.05, 0) is 0 Å². The lowest BCUT2D eigenvalue weighted by atomic mass is 9.87. The fourth-order valence-electron chi connectivity index (χ4n) is 0.811. The van der Waals surface area contributed by atoms with Gasteiger partial charge in [-0.25, -0.2) is 0 Å². The molecule has 0 aliphatic rings. The first-order valence-electron chi connectivity index (χ1n) is 3.68.